The third-order valence-corrected chi connectivity index (χ3v) is 8.91. The van der Waals surface area contributed by atoms with E-state index in [0.29, 0.717) is 22.3 Å². The minimum Gasteiger partial charge on any atom is -0.361 e. The molecule has 1 aliphatic carbocycles. The summed E-state index contributed by atoms with van der Waals surface area (Å²) >= 11 is 13.4. The zero-order valence-electron chi connectivity index (χ0n) is 21.7. The van der Waals surface area contributed by atoms with Gasteiger partial charge in [0.2, 0.25) is 5.95 Å². The summed E-state index contributed by atoms with van der Waals surface area (Å²) in [4.78, 5) is 20.7. The minimum absolute atomic E-state index is 0.0339. The number of benzene rings is 1. The monoisotopic (exact) mass is 567 g/mol. The molecule has 10 heteroatoms. The Balaban J connectivity index is 1.33. The molecule has 2 N–H and O–H groups in total. The van der Waals surface area contributed by atoms with E-state index in [1.807, 2.05) is 24.3 Å². The summed E-state index contributed by atoms with van der Waals surface area (Å²) < 4.78 is 0. The molecule has 0 bridgehead atoms. The zero-order chi connectivity index (χ0) is 26.4. The summed E-state index contributed by atoms with van der Waals surface area (Å²) in [5.41, 5.74) is 1.35. The van der Waals surface area contributed by atoms with Crippen molar-refractivity contribution < 1.29 is 0 Å². The molecule has 1 saturated heterocycles. The van der Waals surface area contributed by atoms with Gasteiger partial charge >= 0.3 is 0 Å². The maximum Gasteiger partial charge on any atom is 0.232 e. The lowest BCUT2D eigenvalue weighted by Gasteiger charge is -2.38. The molecule has 1 saturated carbocycles. The number of nitrogens with zero attached hydrogens (tertiary/aromatic N) is 5. The Hall–Kier alpha value is -2.49. The SMILES string of the molecule is C[C@H]1CCCCN1c1cc(Sc2ncccn2)nc(NC(=S)NCC2(c3ccc(Cl)cc3)CCCCC2)n1. The summed E-state index contributed by atoms with van der Waals surface area (Å²) in [5, 5.41) is 9.50. The molecule has 2 aromatic heterocycles. The molecule has 1 atom stereocenters. The first-order valence-electron chi connectivity index (χ1n) is 13.4. The van der Waals surface area contributed by atoms with Crippen LogP contribution in [0.25, 0.3) is 0 Å². The fraction of sp³-hybridized carbons (Fsp3) is 0.464. The Morgan fingerprint density at radius 3 is 2.58 bits per heavy atom. The summed E-state index contributed by atoms with van der Waals surface area (Å²) in [6, 6.07) is 12.6. The van der Waals surface area contributed by atoms with Gasteiger partial charge < -0.3 is 15.5 Å². The minimum atomic E-state index is 0.0339. The Bertz CT molecular complexity index is 1220. The van der Waals surface area contributed by atoms with Crippen molar-refractivity contribution in [3.05, 3.63) is 59.4 Å². The fourth-order valence-corrected chi connectivity index (χ4v) is 6.53. The van der Waals surface area contributed by atoms with Crippen LogP contribution in [0.1, 0.15) is 63.9 Å². The van der Waals surface area contributed by atoms with Gasteiger partial charge in [0.05, 0.1) is 0 Å². The Morgan fingerprint density at radius 2 is 1.84 bits per heavy atom. The predicted molar refractivity (Wildman–Crippen MR) is 159 cm³/mol. The van der Waals surface area contributed by atoms with Crippen molar-refractivity contribution in [3.8, 4) is 0 Å². The summed E-state index contributed by atoms with van der Waals surface area (Å²) in [6.07, 6.45) is 13.0. The van der Waals surface area contributed by atoms with Crippen LogP contribution >= 0.6 is 35.6 Å². The number of aromatic nitrogens is 4. The first-order chi connectivity index (χ1) is 18.5. The average Bonchev–Trinajstić information content (AvgIpc) is 2.93. The quantitative estimate of drug-likeness (QED) is 0.185. The second-order valence-electron chi connectivity index (χ2n) is 10.2. The van der Waals surface area contributed by atoms with E-state index in [4.69, 9.17) is 33.8 Å². The van der Waals surface area contributed by atoms with E-state index in [0.717, 1.165) is 54.6 Å². The number of thiocarbonyl (C=S) groups is 1. The average molecular weight is 568 g/mol. The van der Waals surface area contributed by atoms with E-state index in [-0.39, 0.29) is 5.41 Å². The van der Waals surface area contributed by atoms with Crippen LogP contribution in [0.5, 0.6) is 0 Å². The van der Waals surface area contributed by atoms with Crippen molar-refractivity contribution in [2.75, 3.05) is 23.3 Å². The lowest BCUT2D eigenvalue weighted by Crippen LogP contribution is -2.43. The van der Waals surface area contributed by atoms with Crippen LogP contribution in [0, 0.1) is 0 Å². The zero-order valence-corrected chi connectivity index (χ0v) is 24.1. The molecule has 0 radical (unpaired) electrons. The topological polar surface area (TPSA) is 78.9 Å². The third-order valence-electron chi connectivity index (χ3n) is 7.60. The molecule has 2 fully saturated rings. The number of nitrogens with one attached hydrogen (secondary N) is 2. The second kappa shape index (κ2) is 12.6. The van der Waals surface area contributed by atoms with Gasteiger partial charge in [-0.1, -0.05) is 43.0 Å². The van der Waals surface area contributed by atoms with E-state index in [2.05, 4.69) is 44.6 Å². The van der Waals surface area contributed by atoms with Crippen molar-refractivity contribution in [3.63, 3.8) is 0 Å². The molecule has 38 heavy (non-hydrogen) atoms. The van der Waals surface area contributed by atoms with Gasteiger partial charge in [0.1, 0.15) is 10.8 Å². The molecular formula is C28H34ClN7S2. The summed E-state index contributed by atoms with van der Waals surface area (Å²) in [5.74, 6) is 1.39. The number of piperidine rings is 1. The Morgan fingerprint density at radius 1 is 1.08 bits per heavy atom. The maximum atomic E-state index is 6.18. The fourth-order valence-electron chi connectivity index (χ4n) is 5.53. The third kappa shape index (κ3) is 6.74. The molecule has 0 amide bonds. The number of anilines is 2. The highest BCUT2D eigenvalue weighted by Gasteiger charge is 2.34. The van der Waals surface area contributed by atoms with Crippen LogP contribution in [0.2, 0.25) is 5.02 Å². The smallest absolute Gasteiger partial charge is 0.232 e. The van der Waals surface area contributed by atoms with E-state index < -0.39 is 0 Å². The molecule has 7 nitrogen and oxygen atoms in total. The van der Waals surface area contributed by atoms with E-state index in [9.17, 15) is 0 Å². The highest BCUT2D eigenvalue weighted by molar-refractivity contribution is 7.99. The normalized spacial score (nSPS) is 19.1. The molecule has 3 aromatic rings. The maximum absolute atomic E-state index is 6.18. The van der Waals surface area contributed by atoms with Gasteiger partial charge in [0, 0.05) is 48.0 Å². The van der Waals surface area contributed by atoms with E-state index in [1.165, 1.54) is 43.0 Å². The highest BCUT2D eigenvalue weighted by atomic mass is 35.5. The highest BCUT2D eigenvalue weighted by Crippen LogP contribution is 2.39. The van der Waals surface area contributed by atoms with Crippen LogP contribution in [-0.2, 0) is 5.41 Å². The summed E-state index contributed by atoms with van der Waals surface area (Å²) in [6.45, 7) is 3.99. The van der Waals surface area contributed by atoms with Crippen LogP contribution in [0.3, 0.4) is 0 Å². The van der Waals surface area contributed by atoms with Gasteiger partial charge in [-0.15, -0.1) is 0 Å². The van der Waals surface area contributed by atoms with Gasteiger partial charge in [-0.2, -0.15) is 4.98 Å². The van der Waals surface area contributed by atoms with Crippen LogP contribution < -0.4 is 15.5 Å². The predicted octanol–water partition coefficient (Wildman–Crippen LogP) is 6.64. The molecule has 5 rings (SSSR count). The molecule has 1 aliphatic heterocycles. The number of rotatable bonds is 7. The largest absolute Gasteiger partial charge is 0.361 e. The molecular weight excluding hydrogens is 534 g/mol. The lowest BCUT2D eigenvalue weighted by molar-refractivity contribution is 0.292. The van der Waals surface area contributed by atoms with Gasteiger partial charge in [-0.05, 0) is 86.8 Å². The summed E-state index contributed by atoms with van der Waals surface area (Å²) in [7, 11) is 0. The molecule has 3 heterocycles. The molecule has 200 valence electrons. The molecule has 2 aliphatic rings. The van der Waals surface area contributed by atoms with Crippen LogP contribution in [0.4, 0.5) is 11.8 Å². The van der Waals surface area contributed by atoms with E-state index >= 15 is 0 Å². The van der Waals surface area contributed by atoms with E-state index in [1.54, 1.807) is 12.4 Å². The van der Waals surface area contributed by atoms with Gasteiger partial charge in [-0.25, -0.2) is 15.0 Å². The number of halogens is 1. The van der Waals surface area contributed by atoms with Gasteiger partial charge in [-0.3, -0.25) is 0 Å². The second-order valence-corrected chi connectivity index (χ2v) is 12.0. The van der Waals surface area contributed by atoms with Crippen molar-refractivity contribution in [2.45, 2.75) is 79.9 Å². The van der Waals surface area contributed by atoms with Crippen molar-refractivity contribution in [2.24, 2.45) is 0 Å². The molecule has 1 aromatic carbocycles. The van der Waals surface area contributed by atoms with Crippen LogP contribution in [0.15, 0.2) is 59.0 Å². The standard InChI is InChI=1S/C28H34ClN7S2/c1-20-8-3-6-17-36(20)23-18-24(38-27-30-15-7-16-31-27)34-25(33-23)35-26(37)32-19-28(13-4-2-5-14-28)21-9-11-22(29)12-10-21/h7,9-12,15-16,18,20H,2-6,8,13-14,17,19H2,1H3,(H2,32,33,34,35,37)/t20-/m0/s1. The lowest BCUT2D eigenvalue weighted by atomic mass is 9.69. The van der Waals surface area contributed by atoms with Crippen LogP contribution in [-0.4, -0.2) is 44.2 Å². The van der Waals surface area contributed by atoms with Crippen molar-refractivity contribution >= 4 is 52.5 Å². The Labute approximate surface area is 239 Å². The molecule has 0 spiro atoms. The van der Waals surface area contributed by atoms with Crippen molar-refractivity contribution in [1.29, 1.82) is 0 Å². The Kier molecular flexibility index (Phi) is 8.97. The van der Waals surface area contributed by atoms with Gasteiger partial charge in [0.25, 0.3) is 0 Å². The first kappa shape index (κ1) is 27.1. The van der Waals surface area contributed by atoms with Gasteiger partial charge in [0.15, 0.2) is 10.3 Å². The number of hydrogen-bond acceptors (Lipinski definition) is 7. The molecule has 0 unspecified atom stereocenters. The van der Waals surface area contributed by atoms with Crippen molar-refractivity contribution in [1.82, 2.24) is 25.3 Å². The number of hydrogen-bond donors (Lipinski definition) is 2. The first-order valence-corrected chi connectivity index (χ1v) is 15.0.